The first kappa shape index (κ1) is 16.3. The Hall–Kier alpha value is -1.71. The zero-order chi connectivity index (χ0) is 14.3. The standard InChI is InChI=1S/C5H9NO3.C4H8N2O3/c7-4(8)5(9)2-1-3-6-5;5-2(4(8)9)1-3(6)7/h6,9H,1-3H2,(H,7,8);2H,1,5H2,(H2,6,7)(H,8,9)/t5-;2-/m10/s1. The van der Waals surface area contributed by atoms with Gasteiger partial charge in [-0.25, -0.2) is 4.79 Å². The Morgan fingerprint density at radius 3 is 2.06 bits per heavy atom. The van der Waals surface area contributed by atoms with Gasteiger partial charge in [-0.2, -0.15) is 0 Å². The quantitative estimate of drug-likeness (QED) is 0.320. The van der Waals surface area contributed by atoms with Gasteiger partial charge in [0.15, 0.2) is 0 Å². The van der Waals surface area contributed by atoms with E-state index < -0.39 is 29.6 Å². The van der Waals surface area contributed by atoms with Crippen molar-refractivity contribution in [1.82, 2.24) is 5.32 Å². The number of carboxylic acid groups (broad SMARTS) is 2. The average Bonchev–Trinajstić information content (AvgIpc) is 2.66. The van der Waals surface area contributed by atoms with Gasteiger partial charge in [0.2, 0.25) is 11.6 Å². The highest BCUT2D eigenvalue weighted by Crippen LogP contribution is 2.14. The van der Waals surface area contributed by atoms with Crippen LogP contribution < -0.4 is 16.8 Å². The number of nitrogens with two attached hydrogens (primary N) is 2. The number of primary amides is 1. The van der Waals surface area contributed by atoms with Crippen LogP contribution in [0, 0.1) is 0 Å². The van der Waals surface area contributed by atoms with Crippen LogP contribution in [0.5, 0.6) is 0 Å². The van der Waals surface area contributed by atoms with Crippen LogP contribution in [0.2, 0.25) is 0 Å². The van der Waals surface area contributed by atoms with Crippen molar-refractivity contribution in [2.45, 2.75) is 31.0 Å². The highest BCUT2D eigenvalue weighted by atomic mass is 16.4. The van der Waals surface area contributed by atoms with E-state index in [0.717, 1.165) is 6.42 Å². The molecule has 1 saturated heterocycles. The molecule has 0 unspecified atom stereocenters. The van der Waals surface area contributed by atoms with Crippen LogP contribution in [-0.2, 0) is 14.4 Å². The van der Waals surface area contributed by atoms with Crippen molar-refractivity contribution < 1.29 is 29.7 Å². The summed E-state index contributed by atoms with van der Waals surface area (Å²) in [5.41, 5.74) is 7.93. The number of rotatable bonds is 4. The average molecular weight is 263 g/mol. The van der Waals surface area contributed by atoms with Crippen molar-refractivity contribution in [3.05, 3.63) is 0 Å². The monoisotopic (exact) mass is 263 g/mol. The number of hydrogen-bond donors (Lipinski definition) is 6. The highest BCUT2D eigenvalue weighted by Gasteiger charge is 2.38. The number of nitrogens with one attached hydrogen (secondary N) is 1. The Balaban J connectivity index is 0.000000321. The van der Waals surface area contributed by atoms with E-state index in [1.165, 1.54) is 0 Å². The molecule has 1 fully saturated rings. The third kappa shape index (κ3) is 5.57. The molecule has 0 aliphatic carbocycles. The SMILES string of the molecule is NC(=O)C[C@H](N)C(=O)O.O=C(O)[C@]1(O)CCCN1. The summed E-state index contributed by atoms with van der Waals surface area (Å²) in [7, 11) is 0. The van der Waals surface area contributed by atoms with Gasteiger partial charge in [0.05, 0.1) is 6.42 Å². The third-order valence-electron chi connectivity index (χ3n) is 2.22. The van der Waals surface area contributed by atoms with Crippen molar-refractivity contribution in [1.29, 1.82) is 0 Å². The van der Waals surface area contributed by atoms with E-state index in [1.54, 1.807) is 0 Å². The van der Waals surface area contributed by atoms with Crippen LogP contribution in [0.3, 0.4) is 0 Å². The smallest absolute Gasteiger partial charge is 0.351 e. The fourth-order valence-corrected chi connectivity index (χ4v) is 1.21. The van der Waals surface area contributed by atoms with E-state index >= 15 is 0 Å². The van der Waals surface area contributed by atoms with Crippen molar-refractivity contribution in [2.75, 3.05) is 6.54 Å². The molecule has 1 amide bonds. The van der Waals surface area contributed by atoms with Crippen LogP contribution in [0.4, 0.5) is 0 Å². The summed E-state index contributed by atoms with van der Waals surface area (Å²) in [5, 5.41) is 28.0. The maximum absolute atomic E-state index is 10.2. The Labute approximate surface area is 103 Å². The molecule has 9 nitrogen and oxygen atoms in total. The molecular weight excluding hydrogens is 246 g/mol. The largest absolute Gasteiger partial charge is 0.480 e. The molecule has 1 rings (SSSR count). The molecule has 0 aromatic rings. The Morgan fingerprint density at radius 2 is 1.89 bits per heavy atom. The van der Waals surface area contributed by atoms with Gasteiger partial charge in [-0.05, 0) is 13.0 Å². The predicted molar refractivity (Wildman–Crippen MR) is 59.2 cm³/mol. The molecule has 18 heavy (non-hydrogen) atoms. The third-order valence-corrected chi connectivity index (χ3v) is 2.22. The van der Waals surface area contributed by atoms with Crippen molar-refractivity contribution in [3.63, 3.8) is 0 Å². The summed E-state index contributed by atoms with van der Waals surface area (Å²) in [4.78, 5) is 30.1. The molecule has 8 N–H and O–H groups in total. The molecule has 0 spiro atoms. The number of amides is 1. The van der Waals surface area contributed by atoms with Crippen molar-refractivity contribution >= 4 is 17.8 Å². The minimum Gasteiger partial charge on any atom is -0.480 e. The molecule has 0 radical (unpaired) electrons. The van der Waals surface area contributed by atoms with Crippen LogP contribution in [0.1, 0.15) is 19.3 Å². The van der Waals surface area contributed by atoms with E-state index in [1.807, 2.05) is 0 Å². The molecule has 9 heteroatoms. The zero-order valence-electron chi connectivity index (χ0n) is 9.63. The van der Waals surface area contributed by atoms with Crippen LogP contribution in [0.15, 0.2) is 0 Å². The maximum atomic E-state index is 10.2. The molecule has 0 aromatic carbocycles. The summed E-state index contributed by atoms with van der Waals surface area (Å²) < 4.78 is 0. The Bertz CT molecular complexity index is 326. The summed E-state index contributed by atoms with van der Waals surface area (Å²) in [5.74, 6) is -3.10. The van der Waals surface area contributed by atoms with E-state index in [-0.39, 0.29) is 6.42 Å². The fraction of sp³-hybridized carbons (Fsp3) is 0.667. The van der Waals surface area contributed by atoms with E-state index in [9.17, 15) is 14.4 Å². The minimum atomic E-state index is -1.64. The van der Waals surface area contributed by atoms with Gasteiger partial charge in [-0.1, -0.05) is 0 Å². The maximum Gasteiger partial charge on any atom is 0.351 e. The zero-order valence-corrected chi connectivity index (χ0v) is 9.63. The van der Waals surface area contributed by atoms with Gasteiger partial charge in [-0.15, -0.1) is 0 Å². The van der Waals surface area contributed by atoms with Crippen LogP contribution >= 0.6 is 0 Å². The Morgan fingerprint density at radius 1 is 1.33 bits per heavy atom. The van der Waals surface area contributed by atoms with Crippen molar-refractivity contribution in [3.8, 4) is 0 Å². The Kier molecular flexibility index (Phi) is 6.23. The van der Waals surface area contributed by atoms with Crippen LogP contribution in [0.25, 0.3) is 0 Å². The number of aliphatic carboxylic acids is 2. The number of carbonyl (C=O) groups excluding carboxylic acids is 1. The lowest BCUT2D eigenvalue weighted by Crippen LogP contribution is -2.47. The molecule has 0 saturated carbocycles. The number of carbonyl (C=O) groups is 3. The number of aliphatic hydroxyl groups is 1. The topological polar surface area (TPSA) is 176 Å². The van der Waals surface area contributed by atoms with Gasteiger partial charge in [0, 0.05) is 6.42 Å². The fourth-order valence-electron chi connectivity index (χ4n) is 1.21. The predicted octanol–water partition coefficient (Wildman–Crippen LogP) is -2.58. The number of carboxylic acids is 2. The van der Waals surface area contributed by atoms with E-state index in [2.05, 4.69) is 11.1 Å². The highest BCUT2D eigenvalue weighted by molar-refractivity contribution is 5.83. The van der Waals surface area contributed by atoms with Gasteiger partial charge in [0.1, 0.15) is 6.04 Å². The first-order chi connectivity index (χ1) is 8.19. The molecule has 2 atom stereocenters. The van der Waals surface area contributed by atoms with Gasteiger partial charge >= 0.3 is 11.9 Å². The summed E-state index contributed by atoms with van der Waals surface area (Å²) in [6.07, 6.45) is 0.723. The molecule has 1 aliphatic rings. The first-order valence-corrected chi connectivity index (χ1v) is 5.16. The molecule has 1 aliphatic heterocycles. The first-order valence-electron chi connectivity index (χ1n) is 5.16. The van der Waals surface area contributed by atoms with Gasteiger partial charge < -0.3 is 26.8 Å². The lowest BCUT2D eigenvalue weighted by atomic mass is 10.2. The van der Waals surface area contributed by atoms with Crippen LogP contribution in [-0.4, -0.2) is 51.5 Å². The van der Waals surface area contributed by atoms with E-state index in [0.29, 0.717) is 13.0 Å². The molecule has 104 valence electrons. The normalized spacial score (nSPS) is 23.7. The van der Waals surface area contributed by atoms with Gasteiger partial charge in [0.25, 0.3) is 0 Å². The van der Waals surface area contributed by atoms with Gasteiger partial charge in [-0.3, -0.25) is 14.9 Å². The second-order valence-electron chi connectivity index (χ2n) is 3.81. The number of hydrogen-bond acceptors (Lipinski definition) is 6. The lowest BCUT2D eigenvalue weighted by Gasteiger charge is -2.15. The molecule has 0 aromatic heterocycles. The second kappa shape index (κ2) is 6.89. The summed E-state index contributed by atoms with van der Waals surface area (Å²) >= 11 is 0. The lowest BCUT2D eigenvalue weighted by molar-refractivity contribution is -0.160. The minimum absolute atomic E-state index is 0.308. The van der Waals surface area contributed by atoms with E-state index in [4.69, 9.17) is 21.1 Å². The molecular formula is C9H17N3O6. The molecule has 1 heterocycles. The molecule has 0 bridgehead atoms. The van der Waals surface area contributed by atoms with Crippen molar-refractivity contribution in [2.24, 2.45) is 11.5 Å². The summed E-state index contributed by atoms with van der Waals surface area (Å²) in [6, 6.07) is -1.16. The second-order valence-corrected chi connectivity index (χ2v) is 3.81. The summed E-state index contributed by atoms with van der Waals surface area (Å²) in [6.45, 7) is 0.586.